The number of ether oxygens (including phenoxy) is 5. The van der Waals surface area contributed by atoms with Crippen LogP contribution in [0.3, 0.4) is 0 Å². The van der Waals surface area contributed by atoms with Crippen LogP contribution < -0.4 is 0 Å². The fraction of sp³-hybridized carbons (Fsp3) is 0.714. The van der Waals surface area contributed by atoms with Crippen molar-refractivity contribution in [2.75, 3.05) is 6.61 Å². The standard InChI is InChI=1S/C14H19FO9/c1-6(16)20-5-10-11(21-7(2)17)12(22-8(3)18)13(14(15)24-10)23-9(4)19/h10-14H,5H2,1-4H3/t10?,11-,12+,13?,14+/m1/s1. The third-order valence-corrected chi connectivity index (χ3v) is 2.93. The van der Waals surface area contributed by atoms with Gasteiger partial charge in [0.05, 0.1) is 0 Å². The van der Waals surface area contributed by atoms with Gasteiger partial charge in [0.2, 0.25) is 6.36 Å². The molecule has 0 N–H and O–H groups in total. The third-order valence-electron chi connectivity index (χ3n) is 2.93. The van der Waals surface area contributed by atoms with Crippen molar-refractivity contribution in [2.24, 2.45) is 0 Å². The molecule has 136 valence electrons. The maximum Gasteiger partial charge on any atom is 0.303 e. The second kappa shape index (κ2) is 8.57. The highest BCUT2D eigenvalue weighted by molar-refractivity contribution is 5.68. The number of alkyl halides is 1. The van der Waals surface area contributed by atoms with Crippen molar-refractivity contribution in [1.82, 2.24) is 0 Å². The highest BCUT2D eigenvalue weighted by Crippen LogP contribution is 2.29. The predicted molar refractivity (Wildman–Crippen MR) is 73.1 cm³/mol. The molecular weight excluding hydrogens is 331 g/mol. The Hall–Kier alpha value is -2.23. The second-order valence-electron chi connectivity index (χ2n) is 5.05. The zero-order valence-electron chi connectivity index (χ0n) is 13.6. The molecule has 1 aliphatic rings. The van der Waals surface area contributed by atoms with Gasteiger partial charge in [-0.25, -0.2) is 4.39 Å². The van der Waals surface area contributed by atoms with E-state index in [-0.39, 0.29) is 0 Å². The summed E-state index contributed by atoms with van der Waals surface area (Å²) in [6, 6.07) is 0. The number of hydrogen-bond acceptors (Lipinski definition) is 9. The first-order valence-corrected chi connectivity index (χ1v) is 7.06. The van der Waals surface area contributed by atoms with Gasteiger partial charge in [0, 0.05) is 27.7 Å². The molecule has 0 bridgehead atoms. The molecule has 1 aliphatic heterocycles. The second-order valence-corrected chi connectivity index (χ2v) is 5.05. The molecule has 0 aromatic heterocycles. The summed E-state index contributed by atoms with van der Waals surface area (Å²) in [5.74, 6) is -3.09. The molecule has 0 saturated carbocycles. The number of carbonyl (C=O) groups excluding carboxylic acids is 4. The van der Waals surface area contributed by atoms with E-state index in [2.05, 4.69) is 0 Å². The van der Waals surface area contributed by atoms with Crippen LogP contribution in [0.4, 0.5) is 4.39 Å². The summed E-state index contributed by atoms with van der Waals surface area (Å²) in [4.78, 5) is 44.7. The average Bonchev–Trinajstić information content (AvgIpc) is 2.42. The first-order chi connectivity index (χ1) is 11.1. The minimum absolute atomic E-state index is 0.446. The van der Waals surface area contributed by atoms with Crippen molar-refractivity contribution >= 4 is 23.9 Å². The highest BCUT2D eigenvalue weighted by Gasteiger charge is 2.52. The molecule has 0 aromatic carbocycles. The van der Waals surface area contributed by atoms with Gasteiger partial charge >= 0.3 is 23.9 Å². The van der Waals surface area contributed by atoms with Gasteiger partial charge in [-0.2, -0.15) is 0 Å². The van der Waals surface area contributed by atoms with Crippen LogP contribution in [0.25, 0.3) is 0 Å². The molecule has 0 aromatic rings. The molecule has 0 spiro atoms. The summed E-state index contributed by atoms with van der Waals surface area (Å²) in [6.45, 7) is 3.85. The van der Waals surface area contributed by atoms with Crippen LogP contribution in [0.15, 0.2) is 0 Å². The van der Waals surface area contributed by atoms with Gasteiger partial charge in [-0.05, 0) is 0 Å². The van der Waals surface area contributed by atoms with Gasteiger partial charge in [0.15, 0.2) is 18.3 Å². The van der Waals surface area contributed by atoms with E-state index in [0.29, 0.717) is 0 Å². The van der Waals surface area contributed by atoms with Crippen LogP contribution in [0.5, 0.6) is 0 Å². The zero-order chi connectivity index (χ0) is 18.4. The Kier molecular flexibility index (Phi) is 7.08. The molecule has 2 unspecified atom stereocenters. The lowest BCUT2D eigenvalue weighted by Crippen LogP contribution is -2.61. The van der Waals surface area contributed by atoms with Crippen molar-refractivity contribution in [3.05, 3.63) is 0 Å². The zero-order valence-corrected chi connectivity index (χ0v) is 13.6. The predicted octanol–water partition coefficient (Wildman–Crippen LogP) is 0.0390. The van der Waals surface area contributed by atoms with Crippen molar-refractivity contribution in [3.8, 4) is 0 Å². The van der Waals surface area contributed by atoms with E-state index in [1.54, 1.807) is 0 Å². The molecule has 10 heteroatoms. The van der Waals surface area contributed by atoms with Gasteiger partial charge in [-0.1, -0.05) is 0 Å². The monoisotopic (exact) mass is 350 g/mol. The lowest BCUT2D eigenvalue weighted by molar-refractivity contribution is -0.277. The summed E-state index contributed by atoms with van der Waals surface area (Å²) in [5, 5.41) is 0. The van der Waals surface area contributed by atoms with Gasteiger partial charge in [-0.15, -0.1) is 0 Å². The van der Waals surface area contributed by atoms with E-state index >= 15 is 0 Å². The van der Waals surface area contributed by atoms with E-state index in [1.165, 1.54) is 0 Å². The largest absolute Gasteiger partial charge is 0.463 e. The maximum atomic E-state index is 14.2. The van der Waals surface area contributed by atoms with Crippen LogP contribution >= 0.6 is 0 Å². The van der Waals surface area contributed by atoms with Crippen LogP contribution in [-0.2, 0) is 42.9 Å². The summed E-state index contributed by atoms with van der Waals surface area (Å²) < 4.78 is 38.7. The molecular formula is C14H19FO9. The fourth-order valence-electron chi connectivity index (χ4n) is 2.18. The van der Waals surface area contributed by atoms with E-state index in [1.807, 2.05) is 0 Å². The smallest absolute Gasteiger partial charge is 0.303 e. The number of carbonyl (C=O) groups is 4. The van der Waals surface area contributed by atoms with Gasteiger partial charge in [-0.3, -0.25) is 19.2 Å². The van der Waals surface area contributed by atoms with E-state index in [9.17, 15) is 23.6 Å². The number of hydrogen-bond donors (Lipinski definition) is 0. The Morgan fingerprint density at radius 1 is 0.792 bits per heavy atom. The molecule has 0 amide bonds. The Morgan fingerprint density at radius 3 is 1.71 bits per heavy atom. The summed E-state index contributed by atoms with van der Waals surface area (Å²) in [5.41, 5.74) is 0. The maximum absolute atomic E-state index is 14.2. The lowest BCUT2D eigenvalue weighted by Gasteiger charge is -2.41. The summed E-state index contributed by atoms with van der Waals surface area (Å²) >= 11 is 0. The SMILES string of the molecule is CC(=O)OCC1O[C@H](F)C(OC(C)=O)[C@@H](OC(C)=O)[C@@H]1OC(C)=O. The van der Waals surface area contributed by atoms with Crippen molar-refractivity contribution < 1.29 is 47.3 Å². The van der Waals surface area contributed by atoms with Crippen LogP contribution in [-0.4, -0.2) is 61.3 Å². The first-order valence-electron chi connectivity index (χ1n) is 7.06. The quantitative estimate of drug-likeness (QED) is 0.500. The van der Waals surface area contributed by atoms with E-state index < -0.39 is 61.3 Å². The first kappa shape index (κ1) is 19.8. The minimum atomic E-state index is -2.18. The van der Waals surface area contributed by atoms with Gasteiger partial charge in [0.1, 0.15) is 12.7 Å². The van der Waals surface area contributed by atoms with Crippen molar-refractivity contribution in [1.29, 1.82) is 0 Å². The molecule has 0 aliphatic carbocycles. The lowest BCUT2D eigenvalue weighted by atomic mass is 9.98. The van der Waals surface area contributed by atoms with Crippen molar-refractivity contribution in [3.63, 3.8) is 0 Å². The molecule has 1 fully saturated rings. The molecule has 1 rings (SSSR count). The van der Waals surface area contributed by atoms with Crippen LogP contribution in [0.1, 0.15) is 27.7 Å². The molecule has 5 atom stereocenters. The number of rotatable bonds is 5. The third kappa shape index (κ3) is 5.76. The van der Waals surface area contributed by atoms with Gasteiger partial charge in [0.25, 0.3) is 0 Å². The number of halogens is 1. The normalized spacial score (nSPS) is 29.3. The van der Waals surface area contributed by atoms with Gasteiger partial charge < -0.3 is 23.7 Å². The van der Waals surface area contributed by atoms with Crippen LogP contribution in [0, 0.1) is 0 Å². The molecule has 1 heterocycles. The van der Waals surface area contributed by atoms with E-state index in [0.717, 1.165) is 27.7 Å². The Bertz CT molecular complexity index is 506. The Morgan fingerprint density at radius 2 is 1.25 bits per heavy atom. The molecule has 0 radical (unpaired) electrons. The highest BCUT2D eigenvalue weighted by atomic mass is 19.1. The summed E-state index contributed by atoms with van der Waals surface area (Å²) in [6.07, 6.45) is -7.85. The van der Waals surface area contributed by atoms with E-state index in [4.69, 9.17) is 23.7 Å². The minimum Gasteiger partial charge on any atom is -0.463 e. The Balaban J connectivity index is 3.11. The molecule has 1 saturated heterocycles. The fourth-order valence-corrected chi connectivity index (χ4v) is 2.18. The topological polar surface area (TPSA) is 114 Å². The molecule has 24 heavy (non-hydrogen) atoms. The molecule has 9 nitrogen and oxygen atoms in total. The summed E-state index contributed by atoms with van der Waals surface area (Å²) in [7, 11) is 0. The van der Waals surface area contributed by atoms with Crippen molar-refractivity contribution in [2.45, 2.75) is 58.5 Å². The number of esters is 4. The average molecular weight is 350 g/mol. The Labute approximate surface area is 137 Å². The van der Waals surface area contributed by atoms with Crippen LogP contribution in [0.2, 0.25) is 0 Å².